The first kappa shape index (κ1) is 23.7. The number of nitrogens with one attached hydrogen (secondary N) is 2. The van der Waals surface area contributed by atoms with Crippen LogP contribution < -0.4 is 14.8 Å². The first-order valence-electron chi connectivity index (χ1n) is 10.7. The summed E-state index contributed by atoms with van der Waals surface area (Å²) in [7, 11) is -3.85. The fraction of sp³-hybridized carbons (Fsp3) is 0.0370. The number of anilines is 2. The van der Waals surface area contributed by atoms with E-state index in [0.29, 0.717) is 34.0 Å². The molecule has 0 spiro atoms. The van der Waals surface area contributed by atoms with Gasteiger partial charge in [0.15, 0.2) is 11.5 Å². The van der Waals surface area contributed by atoms with Crippen molar-refractivity contribution in [2.24, 2.45) is 0 Å². The van der Waals surface area contributed by atoms with E-state index in [1.54, 1.807) is 18.2 Å². The molecule has 0 aromatic heterocycles. The van der Waals surface area contributed by atoms with E-state index in [0.717, 1.165) is 0 Å². The van der Waals surface area contributed by atoms with Crippen molar-refractivity contribution in [3.05, 3.63) is 114 Å². The molecule has 0 aliphatic carbocycles. The lowest BCUT2D eigenvalue weighted by Gasteiger charge is -2.13. The Morgan fingerprint density at radius 3 is 1.97 bits per heavy atom. The van der Waals surface area contributed by atoms with Gasteiger partial charge in [0.25, 0.3) is 15.9 Å². The first-order chi connectivity index (χ1) is 16.8. The molecule has 8 heteroatoms. The average molecular weight is 487 g/mol. The molecule has 0 aliphatic heterocycles. The minimum atomic E-state index is -3.85. The van der Waals surface area contributed by atoms with E-state index in [1.807, 2.05) is 36.4 Å². The van der Waals surface area contributed by atoms with Crippen LogP contribution in [0.1, 0.15) is 27.6 Å². The average Bonchev–Trinajstić information content (AvgIpc) is 2.86. The number of para-hydroxylation sites is 3. The van der Waals surface area contributed by atoms with Crippen molar-refractivity contribution in [2.45, 2.75) is 11.8 Å². The molecule has 35 heavy (non-hydrogen) atoms. The van der Waals surface area contributed by atoms with Gasteiger partial charge in [0, 0.05) is 16.8 Å². The third-order valence-electron chi connectivity index (χ3n) is 5.08. The summed E-state index contributed by atoms with van der Waals surface area (Å²) in [6.07, 6.45) is 0. The zero-order chi connectivity index (χ0) is 24.8. The van der Waals surface area contributed by atoms with Crippen molar-refractivity contribution in [3.63, 3.8) is 0 Å². The Labute approximate surface area is 203 Å². The van der Waals surface area contributed by atoms with Crippen molar-refractivity contribution >= 4 is 33.1 Å². The van der Waals surface area contributed by atoms with Gasteiger partial charge in [0.1, 0.15) is 5.75 Å². The number of benzene rings is 4. The molecule has 0 bridgehead atoms. The molecule has 7 nitrogen and oxygen atoms in total. The number of ketones is 1. The summed E-state index contributed by atoms with van der Waals surface area (Å²) in [5, 5.41) is 2.82. The second kappa shape index (κ2) is 10.2. The van der Waals surface area contributed by atoms with Crippen LogP contribution in [0.5, 0.6) is 11.5 Å². The Kier molecular flexibility index (Phi) is 6.93. The van der Waals surface area contributed by atoms with Crippen LogP contribution >= 0.6 is 0 Å². The second-order valence-corrected chi connectivity index (χ2v) is 9.31. The molecule has 0 atom stereocenters. The minimum absolute atomic E-state index is 0.0272. The predicted molar refractivity (Wildman–Crippen MR) is 135 cm³/mol. The standard InChI is InChI=1S/C27H22N2O5S/c1-19(30)20-13-17-24(18-14-20)35(32,33)29-22-15-11-21(12-16-22)27(31)28-25-9-5-6-10-26(25)34-23-7-3-2-4-8-23/h2-18,29H,1H3,(H,28,31). The molecule has 1 amide bonds. The van der Waals surface area contributed by atoms with Crippen molar-refractivity contribution in [1.29, 1.82) is 0 Å². The molecular formula is C27H22N2O5S. The Hall–Kier alpha value is -4.43. The van der Waals surface area contributed by atoms with E-state index in [2.05, 4.69) is 10.0 Å². The molecule has 0 fully saturated rings. The van der Waals surface area contributed by atoms with Gasteiger partial charge in [-0.25, -0.2) is 8.42 Å². The molecule has 4 aromatic rings. The summed E-state index contributed by atoms with van der Waals surface area (Å²) >= 11 is 0. The highest BCUT2D eigenvalue weighted by atomic mass is 32.2. The lowest BCUT2D eigenvalue weighted by atomic mass is 10.2. The highest BCUT2D eigenvalue weighted by molar-refractivity contribution is 7.92. The number of ether oxygens (including phenoxy) is 1. The molecule has 0 aliphatic rings. The summed E-state index contributed by atoms with van der Waals surface area (Å²) < 4.78 is 33.6. The van der Waals surface area contributed by atoms with E-state index in [4.69, 9.17) is 4.74 Å². The Balaban J connectivity index is 1.45. The number of rotatable bonds is 8. The number of Topliss-reactive ketones (excluding diaryl/α,β-unsaturated/α-hetero) is 1. The van der Waals surface area contributed by atoms with Gasteiger partial charge in [-0.3, -0.25) is 14.3 Å². The zero-order valence-electron chi connectivity index (χ0n) is 18.8. The van der Waals surface area contributed by atoms with E-state index in [-0.39, 0.29) is 16.6 Å². The second-order valence-electron chi connectivity index (χ2n) is 7.63. The zero-order valence-corrected chi connectivity index (χ0v) is 19.6. The fourth-order valence-electron chi connectivity index (χ4n) is 3.24. The van der Waals surface area contributed by atoms with Gasteiger partial charge in [-0.2, -0.15) is 0 Å². The minimum Gasteiger partial charge on any atom is -0.455 e. The molecule has 0 unspecified atom stereocenters. The number of carbonyl (C=O) groups is 2. The normalized spacial score (nSPS) is 10.9. The van der Waals surface area contributed by atoms with Gasteiger partial charge in [0.05, 0.1) is 10.6 Å². The van der Waals surface area contributed by atoms with E-state index in [9.17, 15) is 18.0 Å². The highest BCUT2D eigenvalue weighted by Crippen LogP contribution is 2.29. The van der Waals surface area contributed by atoms with Crippen LogP contribution in [0, 0.1) is 0 Å². The van der Waals surface area contributed by atoms with Crippen LogP contribution in [0.15, 0.2) is 108 Å². The predicted octanol–water partition coefficient (Wildman–Crippen LogP) is 5.73. The lowest BCUT2D eigenvalue weighted by Crippen LogP contribution is -2.14. The number of hydrogen-bond donors (Lipinski definition) is 2. The Morgan fingerprint density at radius 2 is 1.31 bits per heavy atom. The van der Waals surface area contributed by atoms with E-state index >= 15 is 0 Å². The van der Waals surface area contributed by atoms with Gasteiger partial charge in [-0.15, -0.1) is 0 Å². The van der Waals surface area contributed by atoms with Gasteiger partial charge in [-0.1, -0.05) is 42.5 Å². The summed E-state index contributed by atoms with van der Waals surface area (Å²) in [5.41, 5.74) is 1.56. The smallest absolute Gasteiger partial charge is 0.261 e. The van der Waals surface area contributed by atoms with Crippen LogP contribution in [-0.4, -0.2) is 20.1 Å². The number of amides is 1. The van der Waals surface area contributed by atoms with Crippen LogP contribution in [0.3, 0.4) is 0 Å². The Bertz CT molecular complexity index is 1450. The molecule has 4 aromatic carbocycles. The quantitative estimate of drug-likeness (QED) is 0.310. The van der Waals surface area contributed by atoms with Gasteiger partial charge in [0.2, 0.25) is 0 Å². The molecule has 2 N–H and O–H groups in total. The SMILES string of the molecule is CC(=O)c1ccc(S(=O)(=O)Nc2ccc(C(=O)Nc3ccccc3Oc3ccccc3)cc2)cc1. The maximum atomic E-state index is 12.8. The summed E-state index contributed by atoms with van der Waals surface area (Å²) in [6.45, 7) is 1.41. The van der Waals surface area contributed by atoms with Crippen LogP contribution in [0.25, 0.3) is 0 Å². The van der Waals surface area contributed by atoms with Crippen molar-refractivity contribution in [3.8, 4) is 11.5 Å². The van der Waals surface area contributed by atoms with Crippen LogP contribution in [0.2, 0.25) is 0 Å². The van der Waals surface area contributed by atoms with E-state index < -0.39 is 10.0 Å². The highest BCUT2D eigenvalue weighted by Gasteiger charge is 2.16. The Morgan fingerprint density at radius 1 is 0.714 bits per heavy atom. The monoisotopic (exact) mass is 486 g/mol. The number of hydrogen-bond acceptors (Lipinski definition) is 5. The fourth-order valence-corrected chi connectivity index (χ4v) is 4.30. The first-order valence-corrected chi connectivity index (χ1v) is 12.2. The summed E-state index contributed by atoms with van der Waals surface area (Å²) in [5.74, 6) is 0.613. The molecular weight excluding hydrogens is 464 g/mol. The molecule has 176 valence electrons. The third kappa shape index (κ3) is 5.93. The lowest BCUT2D eigenvalue weighted by molar-refractivity contribution is 0.101. The van der Waals surface area contributed by atoms with Crippen LogP contribution in [0.4, 0.5) is 11.4 Å². The van der Waals surface area contributed by atoms with Crippen molar-refractivity contribution < 1.29 is 22.7 Å². The van der Waals surface area contributed by atoms with Gasteiger partial charge in [-0.05, 0) is 67.6 Å². The third-order valence-corrected chi connectivity index (χ3v) is 6.47. The molecule has 0 saturated heterocycles. The van der Waals surface area contributed by atoms with Crippen LogP contribution in [-0.2, 0) is 10.0 Å². The maximum Gasteiger partial charge on any atom is 0.261 e. The molecule has 4 rings (SSSR count). The maximum absolute atomic E-state index is 12.8. The van der Waals surface area contributed by atoms with Gasteiger partial charge < -0.3 is 10.1 Å². The molecule has 0 saturated carbocycles. The topological polar surface area (TPSA) is 102 Å². The molecule has 0 radical (unpaired) electrons. The summed E-state index contributed by atoms with van der Waals surface area (Å²) in [4.78, 5) is 24.2. The van der Waals surface area contributed by atoms with Gasteiger partial charge >= 0.3 is 0 Å². The molecule has 0 heterocycles. The largest absolute Gasteiger partial charge is 0.455 e. The summed E-state index contributed by atoms with van der Waals surface area (Å²) in [6, 6.07) is 28.0. The van der Waals surface area contributed by atoms with E-state index in [1.165, 1.54) is 55.5 Å². The number of sulfonamides is 1. The van der Waals surface area contributed by atoms with Crippen molar-refractivity contribution in [1.82, 2.24) is 0 Å². The van der Waals surface area contributed by atoms with Crippen molar-refractivity contribution in [2.75, 3.05) is 10.0 Å². The number of carbonyl (C=O) groups excluding carboxylic acids is 2.